The quantitative estimate of drug-likeness (QED) is 0.746. The lowest BCUT2D eigenvalue weighted by atomic mass is 9.71. The standard InChI is InChI=1S/C12H23NO2/c1-12(2)5-3-4-10(9-12)8-11(15)13-6-7-14/h10,14H,3-9H2,1-2H3,(H,13,15). The predicted molar refractivity (Wildman–Crippen MR) is 60.5 cm³/mol. The summed E-state index contributed by atoms with van der Waals surface area (Å²) in [7, 11) is 0. The molecule has 88 valence electrons. The van der Waals surface area contributed by atoms with Crippen molar-refractivity contribution in [3.8, 4) is 0 Å². The van der Waals surface area contributed by atoms with Crippen molar-refractivity contribution in [2.24, 2.45) is 11.3 Å². The van der Waals surface area contributed by atoms with E-state index in [-0.39, 0.29) is 12.5 Å². The van der Waals surface area contributed by atoms with Gasteiger partial charge in [0.1, 0.15) is 0 Å². The average Bonchev–Trinajstić information content (AvgIpc) is 2.13. The molecule has 3 heteroatoms. The van der Waals surface area contributed by atoms with Gasteiger partial charge >= 0.3 is 0 Å². The van der Waals surface area contributed by atoms with Crippen LogP contribution in [0.4, 0.5) is 0 Å². The fourth-order valence-electron chi connectivity index (χ4n) is 2.56. The maximum absolute atomic E-state index is 11.5. The molecule has 0 aliphatic heterocycles. The van der Waals surface area contributed by atoms with Gasteiger partial charge in [0.05, 0.1) is 6.61 Å². The first kappa shape index (κ1) is 12.5. The first-order chi connectivity index (χ1) is 7.03. The number of rotatable bonds is 4. The van der Waals surface area contributed by atoms with Crippen LogP contribution < -0.4 is 5.32 Å². The Labute approximate surface area is 92.3 Å². The number of carbonyl (C=O) groups is 1. The summed E-state index contributed by atoms with van der Waals surface area (Å²) in [6, 6.07) is 0. The lowest BCUT2D eigenvalue weighted by molar-refractivity contribution is -0.122. The zero-order valence-corrected chi connectivity index (χ0v) is 9.88. The zero-order chi connectivity index (χ0) is 11.3. The Morgan fingerprint density at radius 1 is 1.53 bits per heavy atom. The molecule has 1 aliphatic carbocycles. The summed E-state index contributed by atoms with van der Waals surface area (Å²) in [5.41, 5.74) is 0.403. The van der Waals surface area contributed by atoms with Crippen LogP contribution in [-0.4, -0.2) is 24.2 Å². The highest BCUT2D eigenvalue weighted by Gasteiger charge is 2.28. The summed E-state index contributed by atoms with van der Waals surface area (Å²) >= 11 is 0. The van der Waals surface area contributed by atoms with Crippen LogP contribution in [0.5, 0.6) is 0 Å². The number of hydrogen-bond donors (Lipinski definition) is 2. The molecule has 1 unspecified atom stereocenters. The molecule has 3 nitrogen and oxygen atoms in total. The third-order valence-corrected chi connectivity index (χ3v) is 3.22. The lowest BCUT2D eigenvalue weighted by Gasteiger charge is -2.34. The van der Waals surface area contributed by atoms with Crippen LogP contribution in [0.25, 0.3) is 0 Å². The molecule has 1 amide bonds. The van der Waals surface area contributed by atoms with E-state index in [1.807, 2.05) is 0 Å². The van der Waals surface area contributed by atoms with Crippen LogP contribution in [0, 0.1) is 11.3 Å². The van der Waals surface area contributed by atoms with Crippen LogP contribution in [0.15, 0.2) is 0 Å². The molecule has 0 aromatic carbocycles. The molecule has 0 spiro atoms. The number of carbonyl (C=O) groups excluding carboxylic acids is 1. The van der Waals surface area contributed by atoms with E-state index in [0.29, 0.717) is 24.3 Å². The minimum absolute atomic E-state index is 0.0297. The van der Waals surface area contributed by atoms with E-state index in [1.54, 1.807) is 0 Å². The Balaban J connectivity index is 2.28. The van der Waals surface area contributed by atoms with E-state index in [4.69, 9.17) is 5.11 Å². The third-order valence-electron chi connectivity index (χ3n) is 3.22. The maximum atomic E-state index is 11.5. The molecule has 1 aliphatic rings. The molecule has 1 saturated carbocycles. The highest BCUT2D eigenvalue weighted by Crippen LogP contribution is 2.39. The Morgan fingerprint density at radius 3 is 2.87 bits per heavy atom. The SMILES string of the molecule is CC1(C)CCCC(CC(=O)NCCO)C1. The molecular weight excluding hydrogens is 190 g/mol. The molecule has 0 saturated heterocycles. The van der Waals surface area contributed by atoms with E-state index in [1.165, 1.54) is 19.3 Å². The van der Waals surface area contributed by atoms with E-state index in [0.717, 1.165) is 6.42 Å². The van der Waals surface area contributed by atoms with Crippen LogP contribution in [-0.2, 0) is 4.79 Å². The second-order valence-electron chi connectivity index (χ2n) is 5.40. The monoisotopic (exact) mass is 213 g/mol. The minimum Gasteiger partial charge on any atom is -0.395 e. The smallest absolute Gasteiger partial charge is 0.220 e. The molecule has 0 aromatic rings. The van der Waals surface area contributed by atoms with Crippen molar-refractivity contribution in [1.29, 1.82) is 0 Å². The van der Waals surface area contributed by atoms with Crippen molar-refractivity contribution < 1.29 is 9.90 Å². The van der Waals surface area contributed by atoms with Gasteiger partial charge in [0.15, 0.2) is 0 Å². The first-order valence-electron chi connectivity index (χ1n) is 5.91. The second-order valence-corrected chi connectivity index (χ2v) is 5.40. The largest absolute Gasteiger partial charge is 0.395 e. The number of amides is 1. The fraction of sp³-hybridized carbons (Fsp3) is 0.917. The molecule has 1 rings (SSSR count). The van der Waals surface area contributed by atoms with E-state index in [9.17, 15) is 4.79 Å². The first-order valence-corrected chi connectivity index (χ1v) is 5.91. The lowest BCUT2D eigenvalue weighted by Crippen LogP contribution is -2.31. The van der Waals surface area contributed by atoms with Crippen LogP contribution >= 0.6 is 0 Å². The van der Waals surface area contributed by atoms with Gasteiger partial charge in [0, 0.05) is 13.0 Å². The summed E-state index contributed by atoms with van der Waals surface area (Å²) in [6.45, 7) is 4.98. The van der Waals surface area contributed by atoms with Crippen molar-refractivity contribution >= 4 is 5.91 Å². The highest BCUT2D eigenvalue weighted by atomic mass is 16.3. The van der Waals surface area contributed by atoms with Gasteiger partial charge in [-0.2, -0.15) is 0 Å². The van der Waals surface area contributed by atoms with Crippen molar-refractivity contribution in [3.05, 3.63) is 0 Å². The average molecular weight is 213 g/mol. The molecule has 2 N–H and O–H groups in total. The van der Waals surface area contributed by atoms with E-state index >= 15 is 0 Å². The highest BCUT2D eigenvalue weighted by molar-refractivity contribution is 5.76. The van der Waals surface area contributed by atoms with Gasteiger partial charge in [-0.05, 0) is 30.6 Å². The Bertz CT molecular complexity index is 214. The molecule has 0 bridgehead atoms. The van der Waals surface area contributed by atoms with Crippen molar-refractivity contribution in [1.82, 2.24) is 5.32 Å². The summed E-state index contributed by atoms with van der Waals surface area (Å²) in [4.78, 5) is 11.5. The molecule has 15 heavy (non-hydrogen) atoms. The van der Waals surface area contributed by atoms with E-state index < -0.39 is 0 Å². The summed E-state index contributed by atoms with van der Waals surface area (Å²) < 4.78 is 0. The molecule has 0 radical (unpaired) electrons. The molecule has 0 heterocycles. The van der Waals surface area contributed by atoms with E-state index in [2.05, 4.69) is 19.2 Å². The van der Waals surface area contributed by atoms with Gasteiger partial charge in [-0.15, -0.1) is 0 Å². The fourth-order valence-corrected chi connectivity index (χ4v) is 2.56. The van der Waals surface area contributed by atoms with Gasteiger partial charge < -0.3 is 10.4 Å². The third kappa shape index (κ3) is 4.65. The van der Waals surface area contributed by atoms with Gasteiger partial charge in [0.25, 0.3) is 0 Å². The number of aliphatic hydroxyl groups excluding tert-OH is 1. The summed E-state index contributed by atoms with van der Waals surface area (Å²) in [6.07, 6.45) is 5.48. The van der Waals surface area contributed by atoms with Crippen molar-refractivity contribution in [2.45, 2.75) is 46.0 Å². The molecule has 1 atom stereocenters. The van der Waals surface area contributed by atoms with Crippen LogP contribution in [0.1, 0.15) is 46.0 Å². The maximum Gasteiger partial charge on any atom is 0.220 e. The molecule has 0 aromatic heterocycles. The zero-order valence-electron chi connectivity index (χ0n) is 9.88. The van der Waals surface area contributed by atoms with Crippen molar-refractivity contribution in [2.75, 3.05) is 13.2 Å². The van der Waals surface area contributed by atoms with Gasteiger partial charge in [-0.25, -0.2) is 0 Å². The predicted octanol–water partition coefficient (Wildman–Crippen LogP) is 1.70. The Morgan fingerprint density at radius 2 is 2.27 bits per heavy atom. The Kier molecular flexibility index (Phi) is 4.58. The molecule has 1 fully saturated rings. The summed E-state index contributed by atoms with van der Waals surface area (Å²) in [5.74, 6) is 0.624. The molecular formula is C12H23NO2. The topological polar surface area (TPSA) is 49.3 Å². The Hall–Kier alpha value is -0.570. The summed E-state index contributed by atoms with van der Waals surface area (Å²) in [5, 5.41) is 11.3. The van der Waals surface area contributed by atoms with Gasteiger partial charge in [-0.3, -0.25) is 4.79 Å². The minimum atomic E-state index is 0.0297. The number of nitrogens with one attached hydrogen (secondary N) is 1. The van der Waals surface area contributed by atoms with Gasteiger partial charge in [0.2, 0.25) is 5.91 Å². The van der Waals surface area contributed by atoms with Gasteiger partial charge in [-0.1, -0.05) is 20.3 Å². The number of hydrogen-bond acceptors (Lipinski definition) is 2. The van der Waals surface area contributed by atoms with Crippen LogP contribution in [0.2, 0.25) is 0 Å². The normalized spacial score (nSPS) is 24.9. The second kappa shape index (κ2) is 5.50. The van der Waals surface area contributed by atoms with Crippen molar-refractivity contribution in [3.63, 3.8) is 0 Å². The van der Waals surface area contributed by atoms with Crippen LogP contribution in [0.3, 0.4) is 0 Å². The number of aliphatic hydroxyl groups is 1.